The van der Waals surface area contributed by atoms with Crippen molar-refractivity contribution >= 4 is 0 Å². The van der Waals surface area contributed by atoms with E-state index in [0.29, 0.717) is 13.0 Å². The highest BCUT2D eigenvalue weighted by Gasteiger charge is 2.42. The topological polar surface area (TPSA) is 125 Å². The Bertz CT molecular complexity index is 438. The van der Waals surface area contributed by atoms with Gasteiger partial charge in [0.1, 0.15) is 24.1 Å². The van der Waals surface area contributed by atoms with E-state index in [4.69, 9.17) is 20.3 Å². The van der Waals surface area contributed by atoms with Crippen LogP contribution in [-0.2, 0) is 15.9 Å². The Balaban J connectivity index is 1.85. The minimum Gasteiger partial charge on any atom is -0.508 e. The first kappa shape index (κ1) is 16.2. The Labute approximate surface area is 122 Å². The van der Waals surface area contributed by atoms with Gasteiger partial charge in [-0.25, -0.2) is 0 Å². The zero-order valence-electron chi connectivity index (χ0n) is 11.5. The molecule has 1 aliphatic rings. The van der Waals surface area contributed by atoms with Gasteiger partial charge in [0.05, 0.1) is 19.3 Å². The Morgan fingerprint density at radius 2 is 1.81 bits per heavy atom. The van der Waals surface area contributed by atoms with Gasteiger partial charge in [0.15, 0.2) is 6.29 Å². The monoisotopic (exact) mass is 299 g/mol. The average Bonchev–Trinajstić information content (AvgIpc) is 2.49. The molecule has 21 heavy (non-hydrogen) atoms. The van der Waals surface area contributed by atoms with Gasteiger partial charge in [-0.2, -0.15) is 0 Å². The van der Waals surface area contributed by atoms with Crippen LogP contribution < -0.4 is 5.73 Å². The third kappa shape index (κ3) is 3.91. The quantitative estimate of drug-likeness (QED) is 0.458. The Morgan fingerprint density at radius 3 is 2.43 bits per heavy atom. The number of ether oxygens (including phenoxy) is 2. The molecule has 0 aromatic heterocycles. The van der Waals surface area contributed by atoms with E-state index < -0.39 is 37.3 Å². The second kappa shape index (κ2) is 7.17. The lowest BCUT2D eigenvalue weighted by Crippen LogP contribution is -2.62. The number of phenols is 1. The fourth-order valence-corrected chi connectivity index (χ4v) is 2.21. The Morgan fingerprint density at radius 1 is 1.14 bits per heavy atom. The molecule has 0 amide bonds. The van der Waals surface area contributed by atoms with E-state index >= 15 is 0 Å². The molecule has 1 fully saturated rings. The lowest BCUT2D eigenvalue weighted by Gasteiger charge is -2.40. The van der Waals surface area contributed by atoms with Crippen molar-refractivity contribution < 1.29 is 29.9 Å². The lowest BCUT2D eigenvalue weighted by molar-refractivity contribution is -0.265. The van der Waals surface area contributed by atoms with Crippen molar-refractivity contribution in [2.75, 3.05) is 13.2 Å². The molecular formula is C14H21NO6. The minimum absolute atomic E-state index is 0.195. The van der Waals surface area contributed by atoms with Crippen LogP contribution in [0, 0.1) is 0 Å². The fourth-order valence-electron chi connectivity index (χ4n) is 2.21. The average molecular weight is 299 g/mol. The summed E-state index contributed by atoms with van der Waals surface area (Å²) in [5, 5.41) is 37.7. The van der Waals surface area contributed by atoms with Crippen molar-refractivity contribution in [3.63, 3.8) is 0 Å². The van der Waals surface area contributed by atoms with Crippen LogP contribution in [0.15, 0.2) is 24.3 Å². The van der Waals surface area contributed by atoms with Crippen molar-refractivity contribution in [3.8, 4) is 5.75 Å². The van der Waals surface area contributed by atoms with Crippen LogP contribution in [0.2, 0.25) is 0 Å². The SMILES string of the molecule is N[C@H]1[C@@H](OCCc2ccc(O)cc2)O[C@H](CO)[C@@H](O)[C@@H]1O. The van der Waals surface area contributed by atoms with Crippen molar-refractivity contribution in [2.45, 2.75) is 37.1 Å². The highest BCUT2D eigenvalue weighted by molar-refractivity contribution is 5.25. The predicted molar refractivity (Wildman–Crippen MR) is 73.5 cm³/mol. The lowest BCUT2D eigenvalue weighted by atomic mass is 9.98. The van der Waals surface area contributed by atoms with Gasteiger partial charge in [-0.05, 0) is 24.1 Å². The van der Waals surface area contributed by atoms with Gasteiger partial charge in [0.2, 0.25) is 0 Å². The van der Waals surface area contributed by atoms with Crippen LogP contribution in [0.3, 0.4) is 0 Å². The molecule has 1 heterocycles. The summed E-state index contributed by atoms with van der Waals surface area (Å²) in [6.45, 7) is -0.132. The molecule has 1 saturated heterocycles. The van der Waals surface area contributed by atoms with Gasteiger partial charge >= 0.3 is 0 Å². The molecule has 118 valence electrons. The largest absolute Gasteiger partial charge is 0.508 e. The molecule has 1 aromatic rings. The van der Waals surface area contributed by atoms with E-state index in [-0.39, 0.29) is 5.75 Å². The van der Waals surface area contributed by atoms with E-state index in [0.717, 1.165) is 5.56 Å². The summed E-state index contributed by atoms with van der Waals surface area (Å²) in [6, 6.07) is 5.83. The molecule has 7 heteroatoms. The summed E-state index contributed by atoms with van der Waals surface area (Å²) in [5.41, 5.74) is 6.72. The fraction of sp³-hybridized carbons (Fsp3) is 0.571. The number of nitrogens with two attached hydrogens (primary N) is 1. The van der Waals surface area contributed by atoms with Crippen LogP contribution >= 0.6 is 0 Å². The molecule has 0 radical (unpaired) electrons. The van der Waals surface area contributed by atoms with E-state index in [1.54, 1.807) is 24.3 Å². The summed E-state index contributed by atoms with van der Waals surface area (Å²) in [5.74, 6) is 0.195. The van der Waals surface area contributed by atoms with Crippen molar-refractivity contribution in [1.82, 2.24) is 0 Å². The standard InChI is InChI=1S/C14H21NO6/c15-11-13(19)12(18)10(7-16)21-14(11)20-6-5-8-1-3-9(17)4-2-8/h1-4,10-14,16-19H,5-7,15H2/t10-,11-,12-,13-,14+/m1/s1. The van der Waals surface area contributed by atoms with Gasteiger partial charge in [0, 0.05) is 0 Å². The van der Waals surface area contributed by atoms with E-state index in [9.17, 15) is 15.3 Å². The normalized spacial score (nSPS) is 33.0. The van der Waals surface area contributed by atoms with Gasteiger partial charge < -0.3 is 35.6 Å². The van der Waals surface area contributed by atoms with Crippen molar-refractivity contribution in [1.29, 1.82) is 0 Å². The number of phenolic OH excluding ortho intramolecular Hbond substituents is 1. The predicted octanol–water partition coefficient (Wildman–Crippen LogP) is -1.28. The molecule has 0 unspecified atom stereocenters. The molecule has 6 N–H and O–H groups in total. The van der Waals surface area contributed by atoms with E-state index in [1.165, 1.54) is 0 Å². The van der Waals surface area contributed by atoms with Crippen LogP contribution in [0.5, 0.6) is 5.75 Å². The molecule has 0 saturated carbocycles. The third-order valence-electron chi connectivity index (χ3n) is 3.54. The first-order valence-electron chi connectivity index (χ1n) is 6.80. The summed E-state index contributed by atoms with van der Waals surface area (Å²) < 4.78 is 10.8. The van der Waals surface area contributed by atoms with Gasteiger partial charge in [0.25, 0.3) is 0 Å². The number of aliphatic hydroxyl groups excluding tert-OH is 3. The number of rotatable bonds is 5. The Hall–Kier alpha value is -1.22. The highest BCUT2D eigenvalue weighted by atomic mass is 16.7. The molecule has 5 atom stereocenters. The molecule has 1 aliphatic heterocycles. The second-order valence-electron chi connectivity index (χ2n) is 5.07. The first-order valence-corrected chi connectivity index (χ1v) is 6.80. The molecule has 2 rings (SSSR count). The first-order chi connectivity index (χ1) is 10.0. The summed E-state index contributed by atoms with van der Waals surface area (Å²) in [7, 11) is 0. The van der Waals surface area contributed by atoms with Crippen LogP contribution in [0.25, 0.3) is 0 Å². The van der Waals surface area contributed by atoms with Crippen molar-refractivity contribution in [3.05, 3.63) is 29.8 Å². The third-order valence-corrected chi connectivity index (χ3v) is 3.54. The Kier molecular flexibility index (Phi) is 5.51. The molecular weight excluding hydrogens is 278 g/mol. The minimum atomic E-state index is -1.23. The molecule has 7 nitrogen and oxygen atoms in total. The maximum atomic E-state index is 9.79. The zero-order valence-corrected chi connectivity index (χ0v) is 11.5. The molecule has 0 aliphatic carbocycles. The molecule has 0 spiro atoms. The van der Waals surface area contributed by atoms with Gasteiger partial charge in [-0.1, -0.05) is 12.1 Å². The van der Waals surface area contributed by atoms with E-state index in [1.807, 2.05) is 0 Å². The smallest absolute Gasteiger partial charge is 0.175 e. The maximum Gasteiger partial charge on any atom is 0.175 e. The van der Waals surface area contributed by atoms with E-state index in [2.05, 4.69) is 0 Å². The number of hydrogen-bond acceptors (Lipinski definition) is 7. The highest BCUT2D eigenvalue weighted by Crippen LogP contribution is 2.21. The second-order valence-corrected chi connectivity index (χ2v) is 5.07. The van der Waals surface area contributed by atoms with Crippen LogP contribution in [0.1, 0.15) is 5.56 Å². The zero-order chi connectivity index (χ0) is 15.4. The van der Waals surface area contributed by atoms with Crippen LogP contribution in [-0.4, -0.2) is 64.3 Å². The van der Waals surface area contributed by atoms with Gasteiger partial charge in [-0.15, -0.1) is 0 Å². The van der Waals surface area contributed by atoms with Crippen LogP contribution in [0.4, 0.5) is 0 Å². The maximum absolute atomic E-state index is 9.79. The summed E-state index contributed by atoms with van der Waals surface area (Å²) in [4.78, 5) is 0. The number of benzene rings is 1. The van der Waals surface area contributed by atoms with Crippen molar-refractivity contribution in [2.24, 2.45) is 5.73 Å². The molecule has 1 aromatic carbocycles. The number of aliphatic hydroxyl groups is 3. The number of aromatic hydroxyl groups is 1. The van der Waals surface area contributed by atoms with Gasteiger partial charge in [-0.3, -0.25) is 0 Å². The summed E-state index contributed by atoms with van der Waals surface area (Å²) >= 11 is 0. The number of hydrogen-bond donors (Lipinski definition) is 5. The molecule has 0 bridgehead atoms. The summed E-state index contributed by atoms with van der Waals surface area (Å²) in [6.07, 6.45) is -3.68.